The van der Waals surface area contributed by atoms with E-state index in [1.807, 2.05) is 38.1 Å². The van der Waals surface area contributed by atoms with E-state index in [9.17, 15) is 14.7 Å². The second-order valence-corrected chi connectivity index (χ2v) is 8.95. The van der Waals surface area contributed by atoms with Crippen LogP contribution in [0.5, 0.6) is 11.5 Å². The Morgan fingerprint density at radius 3 is 2.49 bits per heavy atom. The molecule has 4 aromatic rings. The largest absolute Gasteiger partial charge is 0.507 e. The Morgan fingerprint density at radius 1 is 1.00 bits per heavy atom. The van der Waals surface area contributed by atoms with E-state index in [4.69, 9.17) is 9.47 Å². The Bertz CT molecular complexity index is 1520. The number of ether oxygens (including phenoxy) is 2. The SMILES string of the molecule is CCCOc1cccc(/C(O)=C2\C(=O)C(=O)N(c3ccc(OC)cc3)C2c2c(C)[nH]c3ccccc23)c1. The van der Waals surface area contributed by atoms with Crippen molar-refractivity contribution in [2.24, 2.45) is 0 Å². The van der Waals surface area contributed by atoms with Crippen LogP contribution >= 0.6 is 0 Å². The van der Waals surface area contributed by atoms with Crippen molar-refractivity contribution < 1.29 is 24.2 Å². The van der Waals surface area contributed by atoms with E-state index in [-0.39, 0.29) is 11.3 Å². The normalized spacial score (nSPS) is 16.9. The molecular formula is C30H28N2O5. The molecule has 1 amide bonds. The zero-order valence-corrected chi connectivity index (χ0v) is 20.9. The fraction of sp³-hybridized carbons (Fsp3) is 0.200. The Labute approximate surface area is 214 Å². The van der Waals surface area contributed by atoms with Crippen LogP contribution in [-0.2, 0) is 9.59 Å². The Balaban J connectivity index is 1.74. The first kappa shape index (κ1) is 24.2. The van der Waals surface area contributed by atoms with Crippen LogP contribution in [0.4, 0.5) is 5.69 Å². The minimum absolute atomic E-state index is 0.0290. The number of Topliss-reactive ketones (excluding diaryl/α,β-unsaturated/α-hetero) is 1. The number of ketones is 1. The summed E-state index contributed by atoms with van der Waals surface area (Å²) in [5.41, 5.74) is 3.40. The average Bonchev–Trinajstić information content (AvgIpc) is 3.39. The van der Waals surface area contributed by atoms with Gasteiger partial charge < -0.3 is 19.6 Å². The van der Waals surface area contributed by atoms with E-state index < -0.39 is 17.7 Å². The number of para-hydroxylation sites is 1. The minimum Gasteiger partial charge on any atom is -0.507 e. The van der Waals surface area contributed by atoms with E-state index in [0.29, 0.717) is 29.4 Å². The van der Waals surface area contributed by atoms with Gasteiger partial charge in [-0.1, -0.05) is 37.3 Å². The number of H-pyrrole nitrogens is 1. The zero-order valence-electron chi connectivity index (χ0n) is 20.9. The number of aliphatic hydroxyl groups excluding tert-OH is 1. The number of anilines is 1. The predicted molar refractivity (Wildman–Crippen MR) is 143 cm³/mol. The van der Waals surface area contributed by atoms with E-state index >= 15 is 0 Å². The summed E-state index contributed by atoms with van der Waals surface area (Å²) in [4.78, 5) is 31.9. The number of aryl methyl sites for hydroxylation is 1. The second kappa shape index (κ2) is 9.85. The number of amides is 1. The van der Waals surface area contributed by atoms with Crippen molar-refractivity contribution in [2.75, 3.05) is 18.6 Å². The Kier molecular flexibility index (Phi) is 6.44. The molecule has 1 atom stereocenters. The first-order valence-electron chi connectivity index (χ1n) is 12.2. The van der Waals surface area contributed by atoms with Gasteiger partial charge in [0, 0.05) is 33.4 Å². The lowest BCUT2D eigenvalue weighted by Gasteiger charge is -2.26. The van der Waals surface area contributed by atoms with Crippen LogP contribution in [0.2, 0.25) is 0 Å². The lowest BCUT2D eigenvalue weighted by molar-refractivity contribution is -0.132. The lowest BCUT2D eigenvalue weighted by Crippen LogP contribution is -2.29. The van der Waals surface area contributed by atoms with Gasteiger partial charge in [0.15, 0.2) is 0 Å². The number of benzene rings is 3. The van der Waals surface area contributed by atoms with Crippen molar-refractivity contribution in [3.05, 3.63) is 95.2 Å². The summed E-state index contributed by atoms with van der Waals surface area (Å²) in [5, 5.41) is 12.4. The quantitative estimate of drug-likeness (QED) is 0.189. The number of carbonyl (C=O) groups is 2. The number of hydrogen-bond donors (Lipinski definition) is 2. The first-order valence-corrected chi connectivity index (χ1v) is 12.2. The van der Waals surface area contributed by atoms with Gasteiger partial charge in [-0.2, -0.15) is 0 Å². The molecular weight excluding hydrogens is 468 g/mol. The summed E-state index contributed by atoms with van der Waals surface area (Å²) in [6.45, 7) is 4.44. The number of aromatic amines is 1. The van der Waals surface area contributed by atoms with Gasteiger partial charge in [-0.05, 0) is 55.8 Å². The third-order valence-electron chi connectivity index (χ3n) is 6.59. The number of nitrogens with zero attached hydrogens (tertiary/aromatic N) is 1. The van der Waals surface area contributed by atoms with Gasteiger partial charge in [0.1, 0.15) is 17.3 Å². The summed E-state index contributed by atoms with van der Waals surface area (Å²) in [7, 11) is 1.56. The minimum atomic E-state index is -0.843. The van der Waals surface area contributed by atoms with Crippen molar-refractivity contribution in [3.63, 3.8) is 0 Å². The Hall–Kier alpha value is -4.52. The third-order valence-corrected chi connectivity index (χ3v) is 6.59. The molecule has 1 aliphatic rings. The van der Waals surface area contributed by atoms with Crippen molar-refractivity contribution in [1.29, 1.82) is 0 Å². The molecule has 1 saturated heterocycles. The van der Waals surface area contributed by atoms with Gasteiger partial charge in [-0.25, -0.2) is 0 Å². The fourth-order valence-corrected chi connectivity index (χ4v) is 4.87. The highest BCUT2D eigenvalue weighted by Crippen LogP contribution is 2.45. The van der Waals surface area contributed by atoms with Crippen molar-refractivity contribution in [2.45, 2.75) is 26.3 Å². The molecule has 2 heterocycles. The Morgan fingerprint density at radius 2 is 1.76 bits per heavy atom. The maximum atomic E-state index is 13.6. The molecule has 5 rings (SSSR count). The number of nitrogens with one attached hydrogen (secondary N) is 1. The van der Waals surface area contributed by atoms with Crippen molar-refractivity contribution >= 4 is 34.0 Å². The van der Waals surface area contributed by atoms with E-state index in [1.54, 1.807) is 55.6 Å². The van der Waals surface area contributed by atoms with Gasteiger partial charge in [0.05, 0.1) is 25.3 Å². The molecule has 1 aliphatic heterocycles. The maximum absolute atomic E-state index is 13.6. The van der Waals surface area contributed by atoms with Gasteiger partial charge in [-0.3, -0.25) is 14.5 Å². The van der Waals surface area contributed by atoms with Crippen LogP contribution in [0, 0.1) is 6.92 Å². The highest BCUT2D eigenvalue weighted by atomic mass is 16.5. The predicted octanol–water partition coefficient (Wildman–Crippen LogP) is 5.90. The topological polar surface area (TPSA) is 91.9 Å². The van der Waals surface area contributed by atoms with Crippen LogP contribution in [0.15, 0.2) is 78.4 Å². The number of fused-ring (bicyclic) bond motifs is 1. The highest BCUT2D eigenvalue weighted by Gasteiger charge is 2.48. The molecule has 7 heteroatoms. The number of aromatic nitrogens is 1. The van der Waals surface area contributed by atoms with E-state index in [1.165, 1.54) is 4.90 Å². The van der Waals surface area contributed by atoms with Crippen molar-refractivity contribution in [3.8, 4) is 11.5 Å². The lowest BCUT2D eigenvalue weighted by atomic mass is 9.93. The molecule has 0 spiro atoms. The summed E-state index contributed by atoms with van der Waals surface area (Å²) >= 11 is 0. The molecule has 0 aliphatic carbocycles. The summed E-state index contributed by atoms with van der Waals surface area (Å²) < 4.78 is 11.0. The highest BCUT2D eigenvalue weighted by molar-refractivity contribution is 6.52. The van der Waals surface area contributed by atoms with Gasteiger partial charge in [0.25, 0.3) is 11.7 Å². The average molecular weight is 497 g/mol. The van der Waals surface area contributed by atoms with Crippen LogP contribution in [0.25, 0.3) is 16.7 Å². The molecule has 1 aromatic heterocycles. The monoisotopic (exact) mass is 496 g/mol. The van der Waals surface area contributed by atoms with E-state index in [0.717, 1.165) is 28.6 Å². The maximum Gasteiger partial charge on any atom is 0.300 e. The third kappa shape index (κ3) is 4.22. The molecule has 188 valence electrons. The second-order valence-electron chi connectivity index (χ2n) is 8.95. The number of methoxy groups -OCH3 is 1. The van der Waals surface area contributed by atoms with Crippen LogP contribution in [0.1, 0.15) is 36.2 Å². The van der Waals surface area contributed by atoms with Gasteiger partial charge in [0.2, 0.25) is 0 Å². The van der Waals surface area contributed by atoms with E-state index in [2.05, 4.69) is 4.98 Å². The summed E-state index contributed by atoms with van der Waals surface area (Å²) in [5.74, 6) is -0.493. The van der Waals surface area contributed by atoms with Gasteiger partial charge >= 0.3 is 0 Å². The molecule has 7 nitrogen and oxygen atoms in total. The zero-order chi connectivity index (χ0) is 26.1. The molecule has 0 bridgehead atoms. The van der Waals surface area contributed by atoms with Crippen LogP contribution < -0.4 is 14.4 Å². The smallest absolute Gasteiger partial charge is 0.300 e. The summed E-state index contributed by atoms with van der Waals surface area (Å²) in [6.07, 6.45) is 0.836. The standard InChI is InChI=1S/C30H28N2O5/c1-4-16-37-22-9-7-8-19(17-22)28(33)26-27(25-18(2)31-24-11-6-5-10-23(24)25)32(30(35)29(26)34)20-12-14-21(36-3)15-13-20/h5-15,17,27,31,33H,4,16H2,1-3H3/b28-26+. The van der Waals surface area contributed by atoms with Crippen LogP contribution in [0.3, 0.4) is 0 Å². The summed E-state index contributed by atoms with van der Waals surface area (Å²) in [6, 6.07) is 20.8. The molecule has 0 radical (unpaired) electrons. The first-order chi connectivity index (χ1) is 17.9. The molecule has 2 N–H and O–H groups in total. The fourth-order valence-electron chi connectivity index (χ4n) is 4.87. The molecule has 1 fully saturated rings. The molecule has 1 unspecified atom stereocenters. The van der Waals surface area contributed by atoms with Crippen molar-refractivity contribution in [1.82, 2.24) is 4.98 Å². The number of carbonyl (C=O) groups excluding carboxylic acids is 2. The number of rotatable bonds is 7. The molecule has 37 heavy (non-hydrogen) atoms. The van der Waals surface area contributed by atoms with Crippen LogP contribution in [-0.4, -0.2) is 35.5 Å². The molecule has 0 saturated carbocycles. The molecule has 3 aromatic carbocycles. The number of aliphatic hydroxyl groups is 1. The van der Waals surface area contributed by atoms with Gasteiger partial charge in [-0.15, -0.1) is 0 Å². The number of hydrogen-bond acceptors (Lipinski definition) is 5.